The van der Waals surface area contributed by atoms with Crippen molar-refractivity contribution in [2.24, 2.45) is 0 Å². The zero-order valence-corrected chi connectivity index (χ0v) is 17.6. The predicted molar refractivity (Wildman–Crippen MR) is 111 cm³/mol. The van der Waals surface area contributed by atoms with Crippen LogP contribution in [-0.4, -0.2) is 34.7 Å². The Kier molecular flexibility index (Phi) is 5.85. The molecule has 0 bridgehead atoms. The zero-order chi connectivity index (χ0) is 20.4. The average molecular weight is 459 g/mol. The lowest BCUT2D eigenvalue weighted by atomic mass is 10.0. The summed E-state index contributed by atoms with van der Waals surface area (Å²) in [4.78, 5) is 42.2. The van der Waals surface area contributed by atoms with Crippen molar-refractivity contribution in [1.29, 1.82) is 0 Å². The number of benzene rings is 1. The quantitative estimate of drug-likeness (QED) is 0.497. The van der Waals surface area contributed by atoms with Crippen LogP contribution in [0.4, 0.5) is 5.69 Å². The van der Waals surface area contributed by atoms with Crippen LogP contribution < -0.4 is 4.90 Å². The molecule has 1 saturated carbocycles. The molecule has 1 unspecified atom stereocenters. The Labute approximate surface area is 178 Å². The third kappa shape index (κ3) is 4.01. The van der Waals surface area contributed by atoms with Crippen LogP contribution in [-0.2, 0) is 9.59 Å². The van der Waals surface area contributed by atoms with Crippen LogP contribution in [0.5, 0.6) is 0 Å². The first-order valence-corrected chi connectivity index (χ1v) is 10.8. The van der Waals surface area contributed by atoms with Crippen molar-refractivity contribution in [3.05, 3.63) is 52.9 Å². The van der Waals surface area contributed by atoms with Gasteiger partial charge >= 0.3 is 0 Å². The molecule has 2 aromatic rings. The van der Waals surface area contributed by atoms with Gasteiger partial charge in [-0.05, 0) is 49.2 Å². The van der Waals surface area contributed by atoms with Gasteiger partial charge in [0.2, 0.25) is 5.91 Å². The molecule has 3 amide bonds. The number of nitrogens with zero attached hydrogens (tertiary/aromatic N) is 2. The Morgan fingerprint density at radius 2 is 1.72 bits per heavy atom. The summed E-state index contributed by atoms with van der Waals surface area (Å²) in [6.07, 6.45) is 7.40. The molecule has 1 atom stereocenters. The molecule has 7 heteroatoms. The Hall–Kier alpha value is -2.41. The van der Waals surface area contributed by atoms with E-state index in [1.165, 1.54) is 11.2 Å². The smallest absolute Gasteiger partial charge is 0.290 e. The highest BCUT2D eigenvalue weighted by molar-refractivity contribution is 9.10. The van der Waals surface area contributed by atoms with Crippen molar-refractivity contribution in [3.63, 3.8) is 0 Å². The summed E-state index contributed by atoms with van der Waals surface area (Å²) in [5.41, 5.74) is 0.525. The maximum atomic E-state index is 13.3. The van der Waals surface area contributed by atoms with E-state index < -0.39 is 6.04 Å². The molecule has 1 saturated heterocycles. The molecule has 6 nitrogen and oxygen atoms in total. The van der Waals surface area contributed by atoms with Crippen LogP contribution in [0.2, 0.25) is 0 Å². The lowest BCUT2D eigenvalue weighted by molar-refractivity contribution is -0.123. The largest absolute Gasteiger partial charge is 0.459 e. The number of furan rings is 1. The van der Waals surface area contributed by atoms with Gasteiger partial charge in [0.1, 0.15) is 6.04 Å². The summed E-state index contributed by atoms with van der Waals surface area (Å²) in [5, 5.41) is 0. The number of carbonyl (C=O) groups is 3. The van der Waals surface area contributed by atoms with Gasteiger partial charge in [-0.1, -0.05) is 41.6 Å². The highest BCUT2D eigenvalue weighted by Crippen LogP contribution is 2.32. The lowest BCUT2D eigenvalue weighted by Crippen LogP contribution is -2.50. The molecule has 152 valence electrons. The van der Waals surface area contributed by atoms with E-state index in [-0.39, 0.29) is 35.9 Å². The maximum Gasteiger partial charge on any atom is 0.290 e. The van der Waals surface area contributed by atoms with Gasteiger partial charge in [0.25, 0.3) is 11.8 Å². The molecule has 2 fully saturated rings. The van der Waals surface area contributed by atoms with Gasteiger partial charge in [0.15, 0.2) is 5.76 Å². The number of anilines is 1. The standard InChI is InChI=1S/C22H23BrN2O4/c23-15-9-11-17(12-10-15)25-20(26)14-18(21(25)27)24(16-6-3-1-2-4-7-16)22(28)19-8-5-13-29-19/h5,8-13,16,18H,1-4,6-7,14H2. The van der Waals surface area contributed by atoms with E-state index >= 15 is 0 Å². The Bertz CT molecular complexity index is 886. The van der Waals surface area contributed by atoms with Crippen molar-refractivity contribution >= 4 is 39.3 Å². The van der Waals surface area contributed by atoms with E-state index in [4.69, 9.17) is 4.42 Å². The number of amides is 3. The molecule has 1 aliphatic heterocycles. The zero-order valence-electron chi connectivity index (χ0n) is 16.1. The van der Waals surface area contributed by atoms with Crippen molar-refractivity contribution in [1.82, 2.24) is 4.90 Å². The molecule has 0 radical (unpaired) electrons. The minimum Gasteiger partial charge on any atom is -0.459 e. The highest BCUT2D eigenvalue weighted by Gasteiger charge is 2.47. The third-order valence-corrected chi connectivity index (χ3v) is 6.26. The fraction of sp³-hybridized carbons (Fsp3) is 0.409. The monoisotopic (exact) mass is 458 g/mol. The summed E-state index contributed by atoms with van der Waals surface area (Å²) in [6, 6.07) is 9.45. The second kappa shape index (κ2) is 8.53. The van der Waals surface area contributed by atoms with Gasteiger partial charge in [-0.3, -0.25) is 14.4 Å². The molecule has 1 aromatic heterocycles. The molecule has 4 rings (SSSR count). The van der Waals surface area contributed by atoms with Crippen LogP contribution in [0.1, 0.15) is 55.5 Å². The molecule has 29 heavy (non-hydrogen) atoms. The molecule has 1 aliphatic carbocycles. The normalized spacial score (nSPS) is 20.7. The van der Waals surface area contributed by atoms with Gasteiger partial charge in [-0.15, -0.1) is 0 Å². The first-order valence-electron chi connectivity index (χ1n) is 10.0. The second-order valence-electron chi connectivity index (χ2n) is 7.60. The Morgan fingerprint density at radius 1 is 1.03 bits per heavy atom. The number of carbonyl (C=O) groups excluding carboxylic acids is 3. The minimum absolute atomic E-state index is 0.00214. The second-order valence-corrected chi connectivity index (χ2v) is 8.51. The third-order valence-electron chi connectivity index (χ3n) is 5.73. The van der Waals surface area contributed by atoms with Crippen LogP contribution in [0, 0.1) is 0 Å². The van der Waals surface area contributed by atoms with Crippen LogP contribution in [0.25, 0.3) is 0 Å². The van der Waals surface area contributed by atoms with Crippen molar-refractivity contribution in [2.75, 3.05) is 4.90 Å². The van der Waals surface area contributed by atoms with E-state index in [0.717, 1.165) is 43.0 Å². The first kappa shape index (κ1) is 19.9. The summed E-state index contributed by atoms with van der Waals surface area (Å²) < 4.78 is 6.20. The fourth-order valence-electron chi connectivity index (χ4n) is 4.32. The summed E-state index contributed by atoms with van der Waals surface area (Å²) >= 11 is 3.37. The molecule has 2 aliphatic rings. The van der Waals surface area contributed by atoms with E-state index in [0.29, 0.717) is 5.69 Å². The number of imide groups is 1. The summed E-state index contributed by atoms with van der Waals surface area (Å²) in [6.45, 7) is 0. The van der Waals surface area contributed by atoms with Gasteiger partial charge in [0, 0.05) is 10.5 Å². The molecule has 0 spiro atoms. The molecule has 0 N–H and O–H groups in total. The van der Waals surface area contributed by atoms with Crippen molar-refractivity contribution in [2.45, 2.75) is 57.0 Å². The Balaban J connectivity index is 1.66. The first-order chi connectivity index (χ1) is 14.1. The molecular weight excluding hydrogens is 436 g/mol. The van der Waals surface area contributed by atoms with E-state index in [1.807, 2.05) is 0 Å². The fourth-order valence-corrected chi connectivity index (χ4v) is 4.58. The lowest BCUT2D eigenvalue weighted by Gasteiger charge is -2.34. The molecule has 1 aromatic carbocycles. The SMILES string of the molecule is O=C1CC(N(C(=O)c2ccco2)C2CCCCCC2)C(=O)N1c1ccc(Br)cc1. The minimum atomic E-state index is -0.799. The van der Waals surface area contributed by atoms with E-state index in [9.17, 15) is 14.4 Å². The molecule has 2 heterocycles. The van der Waals surface area contributed by atoms with Crippen LogP contribution in [0.3, 0.4) is 0 Å². The topological polar surface area (TPSA) is 70.8 Å². The number of rotatable bonds is 4. The summed E-state index contributed by atoms with van der Waals surface area (Å²) in [5.74, 6) is -0.739. The maximum absolute atomic E-state index is 13.3. The number of hydrogen-bond acceptors (Lipinski definition) is 4. The van der Waals surface area contributed by atoms with Gasteiger partial charge in [-0.25, -0.2) is 4.90 Å². The van der Waals surface area contributed by atoms with E-state index in [1.54, 1.807) is 41.3 Å². The number of hydrogen-bond donors (Lipinski definition) is 0. The Morgan fingerprint density at radius 3 is 2.34 bits per heavy atom. The van der Waals surface area contributed by atoms with Crippen molar-refractivity contribution in [3.8, 4) is 0 Å². The molecular formula is C22H23BrN2O4. The van der Waals surface area contributed by atoms with Crippen LogP contribution in [0.15, 0.2) is 51.6 Å². The summed E-state index contributed by atoms with van der Waals surface area (Å²) in [7, 11) is 0. The predicted octanol–water partition coefficient (Wildman–Crippen LogP) is 4.54. The highest BCUT2D eigenvalue weighted by atomic mass is 79.9. The average Bonchev–Trinajstić information content (AvgIpc) is 3.25. The van der Waals surface area contributed by atoms with Gasteiger partial charge in [0.05, 0.1) is 18.4 Å². The van der Waals surface area contributed by atoms with Gasteiger partial charge in [-0.2, -0.15) is 0 Å². The van der Waals surface area contributed by atoms with Crippen LogP contribution >= 0.6 is 15.9 Å². The van der Waals surface area contributed by atoms with Crippen molar-refractivity contribution < 1.29 is 18.8 Å². The number of halogens is 1. The van der Waals surface area contributed by atoms with Gasteiger partial charge < -0.3 is 9.32 Å². The van der Waals surface area contributed by atoms with E-state index in [2.05, 4.69) is 15.9 Å².